The molecule has 2 aromatic rings. The lowest BCUT2D eigenvalue weighted by molar-refractivity contribution is -0.385. The maximum absolute atomic E-state index is 11.4. The van der Waals surface area contributed by atoms with Gasteiger partial charge in [0.1, 0.15) is 24.1 Å². The first-order valence-electron chi connectivity index (χ1n) is 9.11. The summed E-state index contributed by atoms with van der Waals surface area (Å²) < 4.78 is 11.8. The van der Waals surface area contributed by atoms with E-state index in [1.807, 2.05) is 24.3 Å². The number of pyridine rings is 1. The van der Waals surface area contributed by atoms with Crippen molar-refractivity contribution in [2.75, 3.05) is 32.0 Å². The Balaban J connectivity index is 1.45. The average molecular weight is 370 g/mol. The molecule has 0 unspecified atom stereocenters. The molecule has 0 amide bonds. The Morgan fingerprint density at radius 1 is 1.30 bits per heavy atom. The van der Waals surface area contributed by atoms with E-state index < -0.39 is 4.92 Å². The maximum Gasteiger partial charge on any atom is 0.313 e. The molecule has 0 radical (unpaired) electrons. The Kier molecular flexibility index (Phi) is 4.81. The van der Waals surface area contributed by atoms with Gasteiger partial charge >= 0.3 is 5.69 Å². The first-order chi connectivity index (χ1) is 13.1. The standard InChI is InChI=1S/C19H22N4O4/c20-15-7-8-21-18(19(15)23(24)25)13-4-3-9-22(10-13)11-14-12-26-16-5-1-2-6-17(16)27-14/h1-2,5-8,13-14H,3-4,9-12H2,(H2,20,21)/t13-,14-/m0/s1. The van der Waals surface area contributed by atoms with Gasteiger partial charge in [-0.1, -0.05) is 12.1 Å². The zero-order valence-electron chi connectivity index (χ0n) is 14.9. The van der Waals surface area contributed by atoms with Gasteiger partial charge in [-0.25, -0.2) is 0 Å². The molecule has 8 nitrogen and oxygen atoms in total. The number of nitrogens with two attached hydrogens (primary N) is 1. The van der Waals surface area contributed by atoms with Crippen molar-refractivity contribution >= 4 is 11.4 Å². The van der Waals surface area contributed by atoms with Crippen LogP contribution in [0.5, 0.6) is 11.5 Å². The Hall–Kier alpha value is -2.87. The summed E-state index contributed by atoms with van der Waals surface area (Å²) in [6.07, 6.45) is 3.29. The monoisotopic (exact) mass is 370 g/mol. The van der Waals surface area contributed by atoms with E-state index in [9.17, 15) is 10.1 Å². The van der Waals surface area contributed by atoms with Gasteiger partial charge in [-0.05, 0) is 37.6 Å². The lowest BCUT2D eigenvalue weighted by Gasteiger charge is -2.36. The molecule has 1 aromatic heterocycles. The largest absolute Gasteiger partial charge is 0.486 e. The molecular formula is C19H22N4O4. The number of rotatable bonds is 4. The van der Waals surface area contributed by atoms with Gasteiger partial charge in [-0.15, -0.1) is 0 Å². The smallest absolute Gasteiger partial charge is 0.313 e. The highest BCUT2D eigenvalue weighted by Gasteiger charge is 2.32. The van der Waals surface area contributed by atoms with Gasteiger partial charge in [0, 0.05) is 25.2 Å². The summed E-state index contributed by atoms with van der Waals surface area (Å²) in [7, 11) is 0. The lowest BCUT2D eigenvalue weighted by Crippen LogP contribution is -2.44. The molecule has 3 heterocycles. The molecular weight excluding hydrogens is 348 g/mol. The minimum absolute atomic E-state index is 0.0144. The van der Waals surface area contributed by atoms with E-state index in [2.05, 4.69) is 9.88 Å². The molecule has 8 heteroatoms. The zero-order valence-corrected chi connectivity index (χ0v) is 14.9. The number of hydrogen-bond acceptors (Lipinski definition) is 7. The predicted molar refractivity (Wildman–Crippen MR) is 100 cm³/mol. The van der Waals surface area contributed by atoms with Gasteiger partial charge in [-0.3, -0.25) is 20.0 Å². The molecule has 1 fully saturated rings. The average Bonchev–Trinajstić information content (AvgIpc) is 2.67. The molecule has 0 spiro atoms. The van der Waals surface area contributed by atoms with Gasteiger partial charge in [0.2, 0.25) is 0 Å². The topological polar surface area (TPSA) is 104 Å². The third-order valence-corrected chi connectivity index (χ3v) is 5.09. The molecule has 2 atom stereocenters. The Morgan fingerprint density at radius 3 is 2.93 bits per heavy atom. The molecule has 2 aliphatic rings. The Labute approximate surface area is 157 Å². The molecule has 0 saturated carbocycles. The van der Waals surface area contributed by atoms with Crippen LogP contribution in [0.25, 0.3) is 0 Å². The van der Waals surface area contributed by atoms with Gasteiger partial charge in [0.05, 0.1) is 4.92 Å². The van der Waals surface area contributed by atoms with E-state index in [4.69, 9.17) is 15.2 Å². The number of hydrogen-bond donors (Lipinski definition) is 1. The van der Waals surface area contributed by atoms with E-state index in [0.717, 1.165) is 30.9 Å². The van der Waals surface area contributed by atoms with Gasteiger partial charge in [0.15, 0.2) is 11.5 Å². The number of likely N-dealkylation sites (tertiary alicyclic amines) is 1. The van der Waals surface area contributed by atoms with Crippen molar-refractivity contribution in [3.05, 3.63) is 52.3 Å². The fourth-order valence-corrected chi connectivity index (χ4v) is 3.87. The summed E-state index contributed by atoms with van der Waals surface area (Å²) in [6, 6.07) is 9.12. The van der Waals surface area contributed by atoms with Crippen LogP contribution in [0, 0.1) is 10.1 Å². The van der Waals surface area contributed by atoms with Crippen molar-refractivity contribution in [3.8, 4) is 11.5 Å². The highest BCUT2D eigenvalue weighted by molar-refractivity contribution is 5.60. The summed E-state index contributed by atoms with van der Waals surface area (Å²) >= 11 is 0. The molecule has 0 aliphatic carbocycles. The minimum Gasteiger partial charge on any atom is -0.486 e. The van der Waals surface area contributed by atoms with Crippen molar-refractivity contribution in [1.29, 1.82) is 0 Å². The second-order valence-corrected chi connectivity index (χ2v) is 6.99. The SMILES string of the molecule is Nc1ccnc([C@H]2CCCN(C[C@H]3COc4ccccc4O3)C2)c1[N+](=O)[O-]. The van der Waals surface area contributed by atoms with Crippen molar-refractivity contribution in [1.82, 2.24) is 9.88 Å². The first-order valence-corrected chi connectivity index (χ1v) is 9.11. The number of nitro groups is 1. The molecule has 2 aliphatic heterocycles. The number of benzene rings is 1. The van der Waals surface area contributed by atoms with E-state index in [1.54, 1.807) is 6.20 Å². The molecule has 1 saturated heterocycles. The van der Waals surface area contributed by atoms with E-state index in [0.29, 0.717) is 25.4 Å². The highest BCUT2D eigenvalue weighted by atomic mass is 16.6. The minimum atomic E-state index is -0.425. The second kappa shape index (κ2) is 7.40. The van der Waals surface area contributed by atoms with Crippen molar-refractivity contribution in [2.45, 2.75) is 24.9 Å². The van der Waals surface area contributed by atoms with E-state index >= 15 is 0 Å². The van der Waals surface area contributed by atoms with Crippen LogP contribution in [0.15, 0.2) is 36.5 Å². The van der Waals surface area contributed by atoms with Crippen LogP contribution < -0.4 is 15.2 Å². The number of ether oxygens (including phenoxy) is 2. The van der Waals surface area contributed by atoms with Gasteiger partial charge in [0.25, 0.3) is 0 Å². The number of fused-ring (bicyclic) bond motifs is 1. The number of para-hydroxylation sites is 2. The van der Waals surface area contributed by atoms with Crippen LogP contribution in [-0.2, 0) is 0 Å². The molecule has 4 rings (SSSR count). The number of piperidine rings is 1. The molecule has 2 N–H and O–H groups in total. The van der Waals surface area contributed by atoms with Gasteiger partial charge < -0.3 is 15.2 Å². The summed E-state index contributed by atoms with van der Waals surface area (Å²) in [5.74, 6) is 1.51. The van der Waals surface area contributed by atoms with Crippen LogP contribution in [0.3, 0.4) is 0 Å². The van der Waals surface area contributed by atoms with Crippen molar-refractivity contribution in [3.63, 3.8) is 0 Å². The number of nitrogens with zero attached hydrogens (tertiary/aromatic N) is 3. The van der Waals surface area contributed by atoms with Crippen LogP contribution in [0.2, 0.25) is 0 Å². The number of anilines is 1. The lowest BCUT2D eigenvalue weighted by atomic mass is 9.92. The van der Waals surface area contributed by atoms with E-state index in [1.165, 1.54) is 6.07 Å². The van der Waals surface area contributed by atoms with Crippen LogP contribution in [0.4, 0.5) is 11.4 Å². The number of nitrogen functional groups attached to an aromatic ring is 1. The summed E-state index contributed by atoms with van der Waals surface area (Å²) in [5, 5.41) is 11.4. The first kappa shape index (κ1) is 17.5. The predicted octanol–water partition coefficient (Wildman–Crippen LogP) is 2.59. The van der Waals surface area contributed by atoms with Crippen LogP contribution in [-0.4, -0.2) is 47.2 Å². The zero-order chi connectivity index (χ0) is 18.8. The third-order valence-electron chi connectivity index (χ3n) is 5.09. The van der Waals surface area contributed by atoms with Gasteiger partial charge in [-0.2, -0.15) is 0 Å². The Bertz CT molecular complexity index is 844. The van der Waals surface area contributed by atoms with Crippen LogP contribution in [0.1, 0.15) is 24.5 Å². The third kappa shape index (κ3) is 3.66. The normalized spacial score (nSPS) is 22.4. The summed E-state index contributed by atoms with van der Waals surface area (Å²) in [5.41, 5.74) is 6.42. The number of aromatic nitrogens is 1. The fraction of sp³-hybridized carbons (Fsp3) is 0.421. The Morgan fingerprint density at radius 2 is 2.11 bits per heavy atom. The molecule has 1 aromatic carbocycles. The molecule has 0 bridgehead atoms. The maximum atomic E-state index is 11.4. The fourth-order valence-electron chi connectivity index (χ4n) is 3.87. The van der Waals surface area contributed by atoms with Crippen LogP contribution >= 0.6 is 0 Å². The quantitative estimate of drug-likeness (QED) is 0.651. The molecule has 142 valence electrons. The van der Waals surface area contributed by atoms with Crippen molar-refractivity contribution in [2.24, 2.45) is 0 Å². The summed E-state index contributed by atoms with van der Waals surface area (Å²) in [4.78, 5) is 17.6. The van der Waals surface area contributed by atoms with E-state index in [-0.39, 0.29) is 23.4 Å². The second-order valence-electron chi connectivity index (χ2n) is 6.99. The molecule has 27 heavy (non-hydrogen) atoms. The summed E-state index contributed by atoms with van der Waals surface area (Å²) in [6.45, 7) is 2.82. The highest BCUT2D eigenvalue weighted by Crippen LogP contribution is 2.35. The van der Waals surface area contributed by atoms with Crippen molar-refractivity contribution < 1.29 is 14.4 Å².